The number of hydrogen-bond acceptors (Lipinski definition) is 5. The van der Waals surface area contributed by atoms with Crippen LogP contribution in [0.4, 0.5) is 0 Å². The molecule has 1 atom stereocenters. The van der Waals surface area contributed by atoms with E-state index in [1.165, 1.54) is 13.2 Å². The quantitative estimate of drug-likeness (QED) is 0.564. The van der Waals surface area contributed by atoms with E-state index in [1.807, 2.05) is 32.0 Å². The Morgan fingerprint density at radius 3 is 2.56 bits per heavy atom. The fraction of sp³-hybridized carbons (Fsp3) is 0.316. The summed E-state index contributed by atoms with van der Waals surface area (Å²) in [6.45, 7) is 3.82. The van der Waals surface area contributed by atoms with E-state index in [-0.39, 0.29) is 10.8 Å². The van der Waals surface area contributed by atoms with Gasteiger partial charge in [-0.25, -0.2) is 8.42 Å². The summed E-state index contributed by atoms with van der Waals surface area (Å²) in [6, 6.07) is 9.27. The van der Waals surface area contributed by atoms with E-state index >= 15 is 0 Å². The normalized spacial score (nSPS) is 13.4. The van der Waals surface area contributed by atoms with E-state index in [0.29, 0.717) is 23.0 Å². The molecule has 8 heteroatoms. The highest BCUT2D eigenvalue weighted by molar-refractivity contribution is 9.10. The van der Waals surface area contributed by atoms with Crippen molar-refractivity contribution in [3.8, 4) is 0 Å². The number of furan rings is 1. The van der Waals surface area contributed by atoms with Crippen molar-refractivity contribution in [3.05, 3.63) is 40.9 Å². The molecule has 0 amide bonds. The summed E-state index contributed by atoms with van der Waals surface area (Å²) < 4.78 is 39.5. The molecule has 0 fully saturated rings. The Labute approximate surface area is 166 Å². The lowest BCUT2D eigenvalue weighted by atomic mass is 10.1. The van der Waals surface area contributed by atoms with Gasteiger partial charge in [0.15, 0.2) is 0 Å². The molecule has 2 aromatic carbocycles. The molecule has 0 bridgehead atoms. The average molecular weight is 454 g/mol. The third kappa shape index (κ3) is 4.17. The monoisotopic (exact) mass is 453 g/mol. The van der Waals surface area contributed by atoms with Crippen LogP contribution in [-0.4, -0.2) is 27.5 Å². The molecule has 0 spiro atoms. The molecule has 0 saturated heterocycles. The number of carbonyl (C=O) groups is 1. The summed E-state index contributed by atoms with van der Waals surface area (Å²) in [7, 11) is -2.67. The fourth-order valence-electron chi connectivity index (χ4n) is 2.96. The maximum atomic E-state index is 12.8. The first kappa shape index (κ1) is 19.9. The largest absolute Gasteiger partial charge is 0.468 e. The summed E-state index contributed by atoms with van der Waals surface area (Å²) in [5.74, 6) is -0.484. The van der Waals surface area contributed by atoms with Crippen LogP contribution in [0, 0.1) is 5.92 Å². The number of carbonyl (C=O) groups excluding carboxylic acids is 1. The van der Waals surface area contributed by atoms with Crippen molar-refractivity contribution < 1.29 is 22.4 Å². The van der Waals surface area contributed by atoms with Gasteiger partial charge < -0.3 is 9.15 Å². The number of methoxy groups -OCH3 is 1. The molecule has 0 saturated carbocycles. The van der Waals surface area contributed by atoms with Crippen LogP contribution < -0.4 is 4.72 Å². The van der Waals surface area contributed by atoms with Gasteiger partial charge in [-0.05, 0) is 48.7 Å². The third-order valence-electron chi connectivity index (χ3n) is 4.21. The molecule has 0 aliphatic carbocycles. The highest BCUT2D eigenvalue weighted by atomic mass is 79.9. The van der Waals surface area contributed by atoms with Gasteiger partial charge in [0.05, 0.1) is 12.0 Å². The number of halogens is 1. The molecule has 1 unspecified atom stereocenters. The smallest absolute Gasteiger partial charge is 0.323 e. The molecular weight excluding hydrogens is 434 g/mol. The van der Waals surface area contributed by atoms with Crippen LogP contribution in [0.2, 0.25) is 0 Å². The first-order valence-electron chi connectivity index (χ1n) is 8.43. The molecule has 3 aromatic rings. The van der Waals surface area contributed by atoms with Crippen LogP contribution in [0.5, 0.6) is 0 Å². The van der Waals surface area contributed by atoms with Gasteiger partial charge in [0.2, 0.25) is 10.0 Å². The third-order valence-corrected chi connectivity index (χ3v) is 6.17. The van der Waals surface area contributed by atoms with Crippen molar-refractivity contribution in [2.24, 2.45) is 5.92 Å². The lowest BCUT2D eigenvalue weighted by Gasteiger charge is -2.18. The van der Waals surface area contributed by atoms with Crippen LogP contribution >= 0.6 is 15.9 Å². The van der Waals surface area contributed by atoms with Crippen LogP contribution in [-0.2, 0) is 19.6 Å². The number of nitrogens with one attached hydrogen (secondary N) is 1. The van der Waals surface area contributed by atoms with Crippen molar-refractivity contribution in [1.82, 2.24) is 4.72 Å². The molecule has 0 aliphatic heterocycles. The lowest BCUT2D eigenvalue weighted by molar-refractivity contribution is -0.143. The van der Waals surface area contributed by atoms with Crippen LogP contribution in [0.25, 0.3) is 21.9 Å². The molecular formula is C19H20BrNO5S. The Morgan fingerprint density at radius 1 is 1.15 bits per heavy atom. The average Bonchev–Trinajstić information content (AvgIpc) is 2.96. The van der Waals surface area contributed by atoms with E-state index in [0.717, 1.165) is 9.86 Å². The van der Waals surface area contributed by atoms with Crippen LogP contribution in [0.15, 0.2) is 50.2 Å². The van der Waals surface area contributed by atoms with Crippen molar-refractivity contribution in [3.63, 3.8) is 0 Å². The second kappa shape index (κ2) is 7.61. The second-order valence-corrected chi connectivity index (χ2v) is 9.36. The summed E-state index contributed by atoms with van der Waals surface area (Å²) in [4.78, 5) is 12.0. The highest BCUT2D eigenvalue weighted by Crippen LogP contribution is 2.32. The molecule has 6 nitrogen and oxygen atoms in total. The predicted molar refractivity (Wildman–Crippen MR) is 107 cm³/mol. The van der Waals surface area contributed by atoms with Gasteiger partial charge in [-0.2, -0.15) is 4.72 Å². The van der Waals surface area contributed by atoms with Gasteiger partial charge in [0.1, 0.15) is 17.2 Å². The SMILES string of the molecule is COC(=O)C(CC(C)C)NS(=O)(=O)c1ccc2oc3cc(Br)ccc3c2c1. The molecule has 27 heavy (non-hydrogen) atoms. The Bertz CT molecular complexity index is 1100. The summed E-state index contributed by atoms with van der Waals surface area (Å²) in [6.07, 6.45) is 0.344. The van der Waals surface area contributed by atoms with Gasteiger partial charge in [0, 0.05) is 15.2 Å². The maximum Gasteiger partial charge on any atom is 0.323 e. The fourth-order valence-corrected chi connectivity index (χ4v) is 4.52. The zero-order valence-corrected chi connectivity index (χ0v) is 17.6. The minimum absolute atomic E-state index is 0.0678. The predicted octanol–water partition coefficient (Wildman–Crippen LogP) is 4.21. The molecule has 0 radical (unpaired) electrons. The second-order valence-electron chi connectivity index (χ2n) is 6.73. The van der Waals surface area contributed by atoms with Gasteiger partial charge in [-0.15, -0.1) is 0 Å². The molecule has 3 rings (SSSR count). The van der Waals surface area contributed by atoms with Gasteiger partial charge in [-0.1, -0.05) is 29.8 Å². The van der Waals surface area contributed by atoms with Crippen molar-refractivity contribution in [2.45, 2.75) is 31.2 Å². The molecule has 0 aliphatic rings. The number of esters is 1. The Balaban J connectivity index is 2.01. The van der Waals surface area contributed by atoms with Gasteiger partial charge in [-0.3, -0.25) is 4.79 Å². The Hall–Kier alpha value is -1.90. The van der Waals surface area contributed by atoms with E-state index < -0.39 is 22.0 Å². The van der Waals surface area contributed by atoms with Crippen molar-refractivity contribution in [2.75, 3.05) is 7.11 Å². The van der Waals surface area contributed by atoms with E-state index in [9.17, 15) is 13.2 Å². The van der Waals surface area contributed by atoms with E-state index in [2.05, 4.69) is 20.7 Å². The molecule has 144 valence electrons. The first-order chi connectivity index (χ1) is 12.7. The summed E-state index contributed by atoms with van der Waals surface area (Å²) in [5, 5.41) is 1.51. The number of hydrogen-bond donors (Lipinski definition) is 1. The zero-order chi connectivity index (χ0) is 19.8. The number of ether oxygens (including phenoxy) is 1. The first-order valence-corrected chi connectivity index (χ1v) is 10.7. The lowest BCUT2D eigenvalue weighted by Crippen LogP contribution is -2.42. The Morgan fingerprint density at radius 2 is 1.89 bits per heavy atom. The summed E-state index contributed by atoms with van der Waals surface area (Å²) >= 11 is 3.39. The minimum atomic E-state index is -3.91. The summed E-state index contributed by atoms with van der Waals surface area (Å²) in [5.41, 5.74) is 1.25. The number of benzene rings is 2. The van der Waals surface area contributed by atoms with Crippen molar-refractivity contribution in [1.29, 1.82) is 0 Å². The van der Waals surface area contributed by atoms with Crippen LogP contribution in [0.1, 0.15) is 20.3 Å². The molecule has 1 heterocycles. The number of sulfonamides is 1. The topological polar surface area (TPSA) is 85.6 Å². The van der Waals surface area contributed by atoms with Gasteiger partial charge >= 0.3 is 5.97 Å². The Kier molecular flexibility index (Phi) is 5.60. The van der Waals surface area contributed by atoms with E-state index in [1.54, 1.807) is 12.1 Å². The molecule has 1 aromatic heterocycles. The number of fused-ring (bicyclic) bond motifs is 3. The maximum absolute atomic E-state index is 12.8. The van der Waals surface area contributed by atoms with Crippen molar-refractivity contribution >= 4 is 53.9 Å². The molecule has 1 N–H and O–H groups in total. The van der Waals surface area contributed by atoms with E-state index in [4.69, 9.17) is 9.15 Å². The standard InChI is InChI=1S/C19H20BrNO5S/c1-11(2)8-16(19(22)25-3)21-27(23,24)13-5-7-17-15(10-13)14-6-4-12(20)9-18(14)26-17/h4-7,9-11,16,21H,8H2,1-3H3. The van der Waals surface area contributed by atoms with Gasteiger partial charge in [0.25, 0.3) is 0 Å². The highest BCUT2D eigenvalue weighted by Gasteiger charge is 2.27. The van der Waals surface area contributed by atoms with Crippen LogP contribution in [0.3, 0.4) is 0 Å². The minimum Gasteiger partial charge on any atom is -0.468 e. The zero-order valence-electron chi connectivity index (χ0n) is 15.2. The number of rotatable bonds is 6.